The fraction of sp³-hybridized carbons (Fsp3) is 0.818. The number of thiocarbonyl (C=S) groups is 1. The summed E-state index contributed by atoms with van der Waals surface area (Å²) in [5, 5.41) is 2.34. The monoisotopic (exact) mass is 229 g/mol. The third-order valence-electron chi connectivity index (χ3n) is 1.71. The van der Waals surface area contributed by atoms with E-state index >= 15 is 0 Å². The number of carbonyl (C=O) groups is 1. The Bertz CT molecular complexity index is 273. The van der Waals surface area contributed by atoms with Gasteiger partial charge in [0.1, 0.15) is 5.60 Å². The molecule has 0 aliphatic carbocycles. The topological polar surface area (TPSA) is 38.7 Å². The Labute approximate surface area is 96.9 Å². The van der Waals surface area contributed by atoms with Crippen molar-refractivity contribution in [2.45, 2.75) is 58.6 Å². The Hall–Kier alpha value is -0.730. The van der Waals surface area contributed by atoms with Gasteiger partial charge in [0.15, 0.2) is 0 Å². The molecule has 0 rings (SSSR count). The molecule has 0 N–H and O–H groups in total. The lowest BCUT2D eigenvalue weighted by molar-refractivity contribution is -0.155. The highest BCUT2D eigenvalue weighted by atomic mass is 32.1. The molecule has 0 spiro atoms. The van der Waals surface area contributed by atoms with Crippen LogP contribution < -0.4 is 0 Å². The van der Waals surface area contributed by atoms with Gasteiger partial charge in [0, 0.05) is 6.42 Å². The van der Waals surface area contributed by atoms with E-state index in [0.29, 0.717) is 12.8 Å². The third kappa shape index (κ3) is 8.28. The minimum atomic E-state index is -0.422. The van der Waals surface area contributed by atoms with Crippen LogP contribution in [0.5, 0.6) is 0 Å². The number of aliphatic imine (C=N–C) groups is 1. The van der Waals surface area contributed by atoms with E-state index in [9.17, 15) is 4.79 Å². The van der Waals surface area contributed by atoms with Gasteiger partial charge in [-0.15, -0.1) is 0 Å². The molecule has 0 fully saturated rings. The Morgan fingerprint density at radius 2 is 1.87 bits per heavy atom. The fourth-order valence-electron chi connectivity index (χ4n) is 0.980. The second-order valence-corrected chi connectivity index (χ2v) is 5.28. The molecule has 0 amide bonds. The Morgan fingerprint density at radius 3 is 2.27 bits per heavy atom. The number of nitrogens with zero attached hydrogens (tertiary/aromatic N) is 1. The van der Waals surface area contributed by atoms with Crippen LogP contribution >= 0.6 is 12.2 Å². The minimum absolute atomic E-state index is 0.199. The van der Waals surface area contributed by atoms with Gasteiger partial charge in [-0.1, -0.05) is 0 Å². The van der Waals surface area contributed by atoms with Crippen LogP contribution in [0.15, 0.2) is 4.99 Å². The highest BCUT2D eigenvalue weighted by molar-refractivity contribution is 7.78. The van der Waals surface area contributed by atoms with Crippen molar-refractivity contribution in [2.24, 2.45) is 4.99 Å². The van der Waals surface area contributed by atoms with Gasteiger partial charge in [-0.3, -0.25) is 4.79 Å². The van der Waals surface area contributed by atoms with Crippen LogP contribution in [-0.4, -0.2) is 22.3 Å². The maximum atomic E-state index is 11.4. The average molecular weight is 229 g/mol. The zero-order valence-electron chi connectivity index (χ0n) is 10.1. The maximum Gasteiger partial charge on any atom is 0.306 e. The molecule has 0 aliphatic rings. The van der Waals surface area contributed by atoms with Crippen molar-refractivity contribution in [1.82, 2.24) is 0 Å². The Morgan fingerprint density at radius 1 is 1.33 bits per heavy atom. The predicted molar refractivity (Wildman–Crippen MR) is 64.2 cm³/mol. The smallest absolute Gasteiger partial charge is 0.306 e. The lowest BCUT2D eigenvalue weighted by Gasteiger charge is -2.21. The number of esters is 1. The van der Waals surface area contributed by atoms with E-state index in [-0.39, 0.29) is 11.5 Å². The van der Waals surface area contributed by atoms with Crippen LogP contribution in [0.4, 0.5) is 0 Å². The number of hydrogen-bond acceptors (Lipinski definition) is 4. The van der Waals surface area contributed by atoms with E-state index in [1.165, 1.54) is 0 Å². The van der Waals surface area contributed by atoms with Gasteiger partial charge in [-0.2, -0.15) is 0 Å². The standard InChI is InChI=1S/C11H19NO2S/c1-10(2,3)14-9(13)6-7-11(4,5)12-8-15/h6-7H2,1-5H3. The van der Waals surface area contributed by atoms with Crippen LogP contribution in [-0.2, 0) is 9.53 Å². The zero-order chi connectivity index (χ0) is 12.1. The summed E-state index contributed by atoms with van der Waals surface area (Å²) in [4.78, 5) is 15.4. The SMILES string of the molecule is CC(C)(CCC(=O)OC(C)(C)C)N=C=S. The molecule has 4 heteroatoms. The third-order valence-corrected chi connectivity index (χ3v) is 1.80. The lowest BCUT2D eigenvalue weighted by atomic mass is 9.99. The first kappa shape index (κ1) is 14.3. The molecule has 0 unspecified atom stereocenters. The predicted octanol–water partition coefficient (Wildman–Crippen LogP) is 2.99. The quantitative estimate of drug-likeness (QED) is 0.422. The number of hydrogen-bond donors (Lipinski definition) is 0. The highest BCUT2D eigenvalue weighted by Gasteiger charge is 2.21. The first-order valence-corrected chi connectivity index (χ1v) is 5.38. The number of isothiocyanates is 1. The first-order chi connectivity index (χ1) is 6.66. The van der Waals surface area contributed by atoms with E-state index in [4.69, 9.17) is 4.74 Å². The van der Waals surface area contributed by atoms with Crippen molar-refractivity contribution in [3.8, 4) is 0 Å². The Balaban J connectivity index is 4.07. The molecule has 0 heterocycles. The molecule has 0 aliphatic heterocycles. The number of ether oxygens (including phenoxy) is 1. The van der Waals surface area contributed by atoms with Gasteiger partial charge in [-0.25, -0.2) is 4.99 Å². The zero-order valence-corrected chi connectivity index (χ0v) is 10.9. The van der Waals surface area contributed by atoms with E-state index in [1.54, 1.807) is 0 Å². The molecular formula is C11H19NO2S. The van der Waals surface area contributed by atoms with Crippen molar-refractivity contribution < 1.29 is 9.53 Å². The van der Waals surface area contributed by atoms with Gasteiger partial charge in [-0.05, 0) is 53.3 Å². The second-order valence-electron chi connectivity index (χ2n) is 5.10. The molecule has 0 aromatic carbocycles. The van der Waals surface area contributed by atoms with Crippen LogP contribution in [0.3, 0.4) is 0 Å². The largest absolute Gasteiger partial charge is 0.460 e. The molecule has 0 atom stereocenters. The van der Waals surface area contributed by atoms with Gasteiger partial charge < -0.3 is 4.74 Å². The van der Waals surface area contributed by atoms with Crippen molar-refractivity contribution in [3.63, 3.8) is 0 Å². The van der Waals surface area contributed by atoms with Crippen molar-refractivity contribution in [1.29, 1.82) is 0 Å². The molecule has 0 bridgehead atoms. The molecule has 86 valence electrons. The molecule has 15 heavy (non-hydrogen) atoms. The molecule has 0 radical (unpaired) electrons. The summed E-state index contributed by atoms with van der Waals surface area (Å²) >= 11 is 4.53. The van der Waals surface area contributed by atoms with Gasteiger partial charge in [0.25, 0.3) is 0 Å². The van der Waals surface area contributed by atoms with Gasteiger partial charge in [0.2, 0.25) is 0 Å². The molecular weight excluding hydrogens is 210 g/mol. The summed E-state index contributed by atoms with van der Waals surface area (Å²) in [6.07, 6.45) is 0.969. The molecule has 0 saturated heterocycles. The number of rotatable bonds is 4. The summed E-state index contributed by atoms with van der Waals surface area (Å²) < 4.78 is 5.18. The van der Waals surface area contributed by atoms with E-state index in [1.807, 2.05) is 34.6 Å². The minimum Gasteiger partial charge on any atom is -0.460 e. The van der Waals surface area contributed by atoms with Crippen LogP contribution in [0.1, 0.15) is 47.5 Å². The van der Waals surface area contributed by atoms with Crippen LogP contribution in [0, 0.1) is 0 Å². The molecule has 3 nitrogen and oxygen atoms in total. The van der Waals surface area contributed by atoms with Crippen molar-refractivity contribution in [3.05, 3.63) is 0 Å². The van der Waals surface area contributed by atoms with Crippen molar-refractivity contribution >= 4 is 23.3 Å². The fourth-order valence-corrected chi connectivity index (χ4v) is 1.23. The van der Waals surface area contributed by atoms with E-state index < -0.39 is 5.60 Å². The van der Waals surface area contributed by atoms with E-state index in [2.05, 4.69) is 22.4 Å². The summed E-state index contributed by atoms with van der Waals surface area (Å²) in [5.41, 5.74) is -0.757. The van der Waals surface area contributed by atoms with Gasteiger partial charge >= 0.3 is 5.97 Å². The molecule has 0 aromatic heterocycles. The summed E-state index contributed by atoms with van der Waals surface area (Å²) in [7, 11) is 0. The molecule has 0 saturated carbocycles. The first-order valence-electron chi connectivity index (χ1n) is 4.97. The average Bonchev–Trinajstić information content (AvgIpc) is 1.98. The lowest BCUT2D eigenvalue weighted by Crippen LogP contribution is -2.26. The summed E-state index contributed by atoms with van der Waals surface area (Å²) in [6, 6.07) is 0. The molecule has 0 aromatic rings. The Kier molecular flexibility index (Phi) is 5.12. The normalized spacial score (nSPS) is 11.8. The summed E-state index contributed by atoms with van der Waals surface area (Å²) in [6.45, 7) is 9.38. The maximum absolute atomic E-state index is 11.4. The van der Waals surface area contributed by atoms with Crippen LogP contribution in [0.25, 0.3) is 0 Å². The van der Waals surface area contributed by atoms with Gasteiger partial charge in [0.05, 0.1) is 10.7 Å². The highest BCUT2D eigenvalue weighted by Crippen LogP contribution is 2.17. The number of carbonyl (C=O) groups excluding carboxylic acids is 1. The van der Waals surface area contributed by atoms with Crippen LogP contribution in [0.2, 0.25) is 0 Å². The van der Waals surface area contributed by atoms with Crippen molar-refractivity contribution in [2.75, 3.05) is 0 Å². The summed E-state index contributed by atoms with van der Waals surface area (Å²) in [5.74, 6) is -0.199. The van der Waals surface area contributed by atoms with E-state index in [0.717, 1.165) is 0 Å². The second kappa shape index (κ2) is 5.38.